The molecular weight excluding hydrogens is 273 g/mol. The Kier molecular flexibility index (Phi) is 3.96. The molecule has 0 aliphatic carbocycles. The Morgan fingerprint density at radius 2 is 2.11 bits per heavy atom. The van der Waals surface area contributed by atoms with Gasteiger partial charge in [-0.3, -0.25) is 0 Å². The van der Waals surface area contributed by atoms with Gasteiger partial charge in [0.25, 0.3) is 0 Å². The van der Waals surface area contributed by atoms with E-state index in [2.05, 4.69) is 5.16 Å². The minimum absolute atomic E-state index is 0.201. The molecule has 0 N–H and O–H groups in total. The summed E-state index contributed by atoms with van der Waals surface area (Å²) in [5.74, 6) is -0.773. The molecule has 0 saturated carbocycles. The van der Waals surface area contributed by atoms with E-state index in [1.54, 1.807) is 0 Å². The van der Waals surface area contributed by atoms with Crippen LogP contribution in [0.4, 0.5) is 4.39 Å². The fraction of sp³-hybridized carbons (Fsp3) is 0.250. The van der Waals surface area contributed by atoms with E-state index in [9.17, 15) is 12.8 Å². The molecule has 0 atom stereocenters. The Hall–Kier alpha value is -1.73. The zero-order valence-corrected chi connectivity index (χ0v) is 11.0. The van der Waals surface area contributed by atoms with Gasteiger partial charge >= 0.3 is 0 Å². The lowest BCUT2D eigenvalue weighted by Gasteiger charge is -2.02. The number of rotatable bonds is 5. The Balaban J connectivity index is 2.24. The highest BCUT2D eigenvalue weighted by Crippen LogP contribution is 2.19. The molecule has 1 heterocycles. The van der Waals surface area contributed by atoms with E-state index in [4.69, 9.17) is 9.26 Å². The van der Waals surface area contributed by atoms with Gasteiger partial charge in [-0.25, -0.2) is 12.8 Å². The van der Waals surface area contributed by atoms with Gasteiger partial charge in [0.15, 0.2) is 15.6 Å². The summed E-state index contributed by atoms with van der Waals surface area (Å²) < 4.78 is 47.3. The largest absolute Gasteiger partial charge is 0.377 e. The molecule has 19 heavy (non-hydrogen) atoms. The van der Waals surface area contributed by atoms with Crippen LogP contribution in [0.5, 0.6) is 0 Å². The molecule has 2 aromatic rings. The second-order valence-electron chi connectivity index (χ2n) is 3.91. The van der Waals surface area contributed by atoms with Gasteiger partial charge < -0.3 is 9.26 Å². The molecule has 0 unspecified atom stereocenters. The Bertz CT molecular complexity index is 666. The number of nitrogens with zero attached hydrogens (tertiary/aromatic N) is 1. The standard InChI is InChI=1S/C12H12FNO4S/c1-17-7-10-6-9(14-18-10)8-19(15,16)12-5-3-2-4-11(12)13/h2-6H,7-8H2,1H3. The minimum Gasteiger partial charge on any atom is -0.377 e. The van der Waals surface area contributed by atoms with E-state index in [-0.39, 0.29) is 17.2 Å². The van der Waals surface area contributed by atoms with Gasteiger partial charge in [0.1, 0.15) is 23.1 Å². The van der Waals surface area contributed by atoms with Gasteiger partial charge in [-0.05, 0) is 12.1 Å². The summed E-state index contributed by atoms with van der Waals surface area (Å²) in [7, 11) is -2.30. The lowest BCUT2D eigenvalue weighted by molar-refractivity contribution is 0.156. The van der Waals surface area contributed by atoms with Crippen LogP contribution in [-0.4, -0.2) is 20.7 Å². The molecule has 0 fully saturated rings. The lowest BCUT2D eigenvalue weighted by atomic mass is 10.3. The smallest absolute Gasteiger partial charge is 0.187 e. The topological polar surface area (TPSA) is 69.4 Å². The monoisotopic (exact) mass is 285 g/mol. The molecule has 0 aliphatic heterocycles. The molecule has 5 nitrogen and oxygen atoms in total. The van der Waals surface area contributed by atoms with Crippen LogP contribution in [0.15, 0.2) is 39.8 Å². The molecule has 1 aromatic heterocycles. The summed E-state index contributed by atoms with van der Waals surface area (Å²) >= 11 is 0. The first-order valence-corrected chi connectivity index (χ1v) is 7.09. The average molecular weight is 285 g/mol. The second-order valence-corrected chi connectivity index (χ2v) is 5.87. The van der Waals surface area contributed by atoms with E-state index in [0.717, 1.165) is 6.07 Å². The maximum atomic E-state index is 13.5. The highest BCUT2D eigenvalue weighted by molar-refractivity contribution is 7.90. The molecular formula is C12H12FNO4S. The van der Waals surface area contributed by atoms with Crippen molar-refractivity contribution in [3.63, 3.8) is 0 Å². The number of halogens is 1. The maximum Gasteiger partial charge on any atom is 0.187 e. The third kappa shape index (κ3) is 3.18. The number of sulfone groups is 1. The molecule has 1 aromatic carbocycles. The Morgan fingerprint density at radius 3 is 2.79 bits per heavy atom. The predicted octanol–water partition coefficient (Wildman–Crippen LogP) is 1.93. The fourth-order valence-electron chi connectivity index (χ4n) is 1.60. The SMILES string of the molecule is COCc1cc(CS(=O)(=O)c2ccccc2F)no1. The molecule has 2 rings (SSSR count). The molecule has 0 bridgehead atoms. The van der Waals surface area contributed by atoms with Crippen molar-refractivity contribution in [1.82, 2.24) is 5.16 Å². The molecule has 0 radical (unpaired) electrons. The van der Waals surface area contributed by atoms with Crippen LogP contribution in [0, 0.1) is 5.82 Å². The summed E-state index contributed by atoms with van der Waals surface area (Å²) in [5, 5.41) is 3.62. The molecule has 0 aliphatic rings. The van der Waals surface area contributed by atoms with Gasteiger partial charge in [-0.2, -0.15) is 0 Å². The van der Waals surface area contributed by atoms with Crippen molar-refractivity contribution in [3.8, 4) is 0 Å². The van der Waals surface area contributed by atoms with Crippen molar-refractivity contribution in [1.29, 1.82) is 0 Å². The summed E-state index contributed by atoms with van der Waals surface area (Å²) in [6.07, 6.45) is 0. The fourth-order valence-corrected chi connectivity index (χ4v) is 2.94. The van der Waals surface area contributed by atoms with Gasteiger partial charge in [-0.15, -0.1) is 0 Å². The number of methoxy groups -OCH3 is 1. The minimum atomic E-state index is -3.78. The summed E-state index contributed by atoms with van der Waals surface area (Å²) in [5.41, 5.74) is 0.218. The first kappa shape index (κ1) is 13.7. The van der Waals surface area contributed by atoms with Crippen LogP contribution in [0.25, 0.3) is 0 Å². The van der Waals surface area contributed by atoms with Crippen molar-refractivity contribution in [2.75, 3.05) is 7.11 Å². The van der Waals surface area contributed by atoms with Gasteiger partial charge in [0, 0.05) is 13.2 Å². The van der Waals surface area contributed by atoms with E-state index in [0.29, 0.717) is 5.76 Å². The maximum absolute atomic E-state index is 13.5. The molecule has 0 spiro atoms. The highest BCUT2D eigenvalue weighted by Gasteiger charge is 2.21. The summed E-state index contributed by atoms with van der Waals surface area (Å²) in [6.45, 7) is 0.201. The van der Waals surface area contributed by atoms with Crippen molar-refractivity contribution in [3.05, 3.63) is 47.6 Å². The third-order valence-electron chi connectivity index (χ3n) is 2.40. The highest BCUT2D eigenvalue weighted by atomic mass is 32.2. The van der Waals surface area contributed by atoms with E-state index in [1.165, 1.54) is 31.4 Å². The zero-order valence-electron chi connectivity index (χ0n) is 10.2. The molecule has 102 valence electrons. The Labute approximate surface area is 109 Å². The van der Waals surface area contributed by atoms with Gasteiger partial charge in [0.2, 0.25) is 0 Å². The van der Waals surface area contributed by atoms with Crippen molar-refractivity contribution >= 4 is 9.84 Å². The average Bonchev–Trinajstić information content (AvgIpc) is 2.76. The normalized spacial score (nSPS) is 11.7. The third-order valence-corrected chi connectivity index (χ3v) is 4.08. The second kappa shape index (κ2) is 5.50. The Morgan fingerprint density at radius 1 is 1.37 bits per heavy atom. The zero-order chi connectivity index (χ0) is 13.9. The number of aromatic nitrogens is 1. The summed E-state index contributed by atoms with van der Waals surface area (Å²) in [6, 6.07) is 6.70. The van der Waals surface area contributed by atoms with Crippen LogP contribution in [0.2, 0.25) is 0 Å². The van der Waals surface area contributed by atoms with Crippen LogP contribution >= 0.6 is 0 Å². The van der Waals surface area contributed by atoms with Gasteiger partial charge in [-0.1, -0.05) is 17.3 Å². The van der Waals surface area contributed by atoms with E-state index >= 15 is 0 Å². The van der Waals surface area contributed by atoms with Crippen LogP contribution < -0.4 is 0 Å². The number of benzene rings is 1. The van der Waals surface area contributed by atoms with Gasteiger partial charge in [0.05, 0.1) is 5.69 Å². The number of ether oxygens (including phenoxy) is 1. The molecule has 0 saturated heterocycles. The van der Waals surface area contributed by atoms with Crippen molar-refractivity contribution in [2.45, 2.75) is 17.3 Å². The van der Waals surface area contributed by atoms with Crippen LogP contribution in [-0.2, 0) is 26.9 Å². The first-order valence-electron chi connectivity index (χ1n) is 5.43. The molecule has 0 amide bonds. The first-order chi connectivity index (χ1) is 9.03. The summed E-state index contributed by atoms with van der Waals surface area (Å²) in [4.78, 5) is -0.341. The van der Waals surface area contributed by atoms with E-state index in [1.807, 2.05) is 0 Å². The van der Waals surface area contributed by atoms with Crippen LogP contribution in [0.3, 0.4) is 0 Å². The molecule has 7 heteroatoms. The van der Waals surface area contributed by atoms with Crippen LogP contribution in [0.1, 0.15) is 11.5 Å². The quantitative estimate of drug-likeness (QED) is 0.839. The lowest BCUT2D eigenvalue weighted by Crippen LogP contribution is -2.07. The number of hydrogen-bond donors (Lipinski definition) is 0. The predicted molar refractivity (Wildman–Crippen MR) is 64.5 cm³/mol. The number of hydrogen-bond acceptors (Lipinski definition) is 5. The van der Waals surface area contributed by atoms with Crippen molar-refractivity contribution < 1.29 is 22.1 Å². The van der Waals surface area contributed by atoms with E-state index < -0.39 is 21.4 Å². The van der Waals surface area contributed by atoms with Crippen molar-refractivity contribution in [2.24, 2.45) is 0 Å².